The molecule has 0 N–H and O–H groups in total. The van der Waals surface area contributed by atoms with E-state index in [-0.39, 0.29) is 0 Å². The summed E-state index contributed by atoms with van der Waals surface area (Å²) in [6, 6.07) is 5.74. The Morgan fingerprint density at radius 1 is 1.27 bits per heavy atom. The lowest BCUT2D eigenvalue weighted by atomic mass is 10.2. The van der Waals surface area contributed by atoms with Crippen LogP contribution in [0.1, 0.15) is 5.56 Å². The van der Waals surface area contributed by atoms with Gasteiger partial charge in [-0.25, -0.2) is 0 Å². The van der Waals surface area contributed by atoms with Crippen LogP contribution in [0.25, 0.3) is 0 Å². The molecule has 0 heterocycles. The highest BCUT2D eigenvalue weighted by atomic mass is 127. The lowest BCUT2D eigenvalue weighted by Gasteiger charge is -2.08. The zero-order valence-corrected chi connectivity index (χ0v) is 11.5. The normalized spacial score (nSPS) is 10.3. The minimum atomic E-state index is 0.541. The van der Waals surface area contributed by atoms with Gasteiger partial charge < -0.3 is 9.47 Å². The van der Waals surface area contributed by atoms with Gasteiger partial charge in [-0.3, -0.25) is 0 Å². The molecule has 1 rings (SSSR count). The van der Waals surface area contributed by atoms with E-state index in [0.29, 0.717) is 18.2 Å². The van der Waals surface area contributed by atoms with Gasteiger partial charge in [0.2, 0.25) is 0 Å². The number of alkyl halides is 1. The molecule has 0 aromatic heterocycles. The van der Waals surface area contributed by atoms with Crippen molar-refractivity contribution in [2.75, 3.05) is 24.2 Å². The number of hydrogen-bond acceptors (Lipinski definition) is 2. The Balaban J connectivity index is 2.33. The van der Waals surface area contributed by atoms with Crippen molar-refractivity contribution in [3.05, 3.63) is 28.8 Å². The first-order valence-electron chi connectivity index (χ1n) is 4.76. The Labute approximate surface area is 109 Å². The van der Waals surface area contributed by atoms with Crippen molar-refractivity contribution in [2.24, 2.45) is 0 Å². The fourth-order valence-corrected chi connectivity index (χ4v) is 1.57. The van der Waals surface area contributed by atoms with Crippen LogP contribution in [0.5, 0.6) is 5.75 Å². The van der Waals surface area contributed by atoms with Gasteiger partial charge in [0.05, 0.1) is 18.2 Å². The van der Waals surface area contributed by atoms with Crippen molar-refractivity contribution in [3.63, 3.8) is 0 Å². The summed E-state index contributed by atoms with van der Waals surface area (Å²) in [5, 5.41) is 0.648. The molecule has 0 radical (unpaired) electrons. The summed E-state index contributed by atoms with van der Waals surface area (Å²) in [7, 11) is 0. The molecule has 84 valence electrons. The van der Waals surface area contributed by atoms with Crippen LogP contribution in [-0.4, -0.2) is 24.2 Å². The van der Waals surface area contributed by atoms with Gasteiger partial charge >= 0.3 is 0 Å². The third kappa shape index (κ3) is 5.04. The van der Waals surface area contributed by atoms with E-state index < -0.39 is 0 Å². The predicted octanol–water partition coefficient (Wildman–Crippen LogP) is 3.48. The zero-order valence-electron chi connectivity index (χ0n) is 8.63. The van der Waals surface area contributed by atoms with Crippen LogP contribution in [0.3, 0.4) is 0 Å². The van der Waals surface area contributed by atoms with E-state index in [0.717, 1.165) is 22.3 Å². The van der Waals surface area contributed by atoms with Crippen molar-refractivity contribution in [1.82, 2.24) is 0 Å². The van der Waals surface area contributed by atoms with Crippen LogP contribution in [0, 0.1) is 6.92 Å². The second-order valence-electron chi connectivity index (χ2n) is 3.08. The maximum Gasteiger partial charge on any atom is 0.138 e. The largest absolute Gasteiger partial charge is 0.490 e. The molecular formula is C11H14ClIO2. The van der Waals surface area contributed by atoms with E-state index in [1.807, 2.05) is 25.1 Å². The molecule has 0 bridgehead atoms. The summed E-state index contributed by atoms with van der Waals surface area (Å²) < 4.78 is 11.8. The molecule has 15 heavy (non-hydrogen) atoms. The SMILES string of the molecule is Cc1ccc(Cl)c(OCCOCCI)c1. The maximum atomic E-state index is 5.97. The van der Waals surface area contributed by atoms with Crippen LogP contribution >= 0.6 is 34.2 Å². The van der Waals surface area contributed by atoms with E-state index in [4.69, 9.17) is 21.1 Å². The molecule has 0 fully saturated rings. The van der Waals surface area contributed by atoms with Crippen LogP contribution in [0.4, 0.5) is 0 Å². The van der Waals surface area contributed by atoms with Gasteiger partial charge in [-0.1, -0.05) is 40.3 Å². The van der Waals surface area contributed by atoms with E-state index in [9.17, 15) is 0 Å². The van der Waals surface area contributed by atoms with Crippen LogP contribution in [-0.2, 0) is 4.74 Å². The summed E-state index contributed by atoms with van der Waals surface area (Å²) >= 11 is 8.24. The molecular weight excluding hydrogens is 326 g/mol. The average Bonchev–Trinajstić information content (AvgIpc) is 2.23. The van der Waals surface area contributed by atoms with Gasteiger partial charge in [-0.15, -0.1) is 0 Å². The second-order valence-corrected chi connectivity index (χ2v) is 4.57. The molecule has 0 saturated heterocycles. The molecule has 4 heteroatoms. The molecule has 0 amide bonds. The fraction of sp³-hybridized carbons (Fsp3) is 0.455. The number of rotatable bonds is 6. The fourth-order valence-electron chi connectivity index (χ4n) is 1.09. The smallest absolute Gasteiger partial charge is 0.138 e. The van der Waals surface area contributed by atoms with E-state index in [1.54, 1.807) is 0 Å². The first-order valence-corrected chi connectivity index (χ1v) is 6.67. The third-order valence-electron chi connectivity index (χ3n) is 1.79. The van der Waals surface area contributed by atoms with Gasteiger partial charge in [0.25, 0.3) is 0 Å². The van der Waals surface area contributed by atoms with Crippen molar-refractivity contribution >= 4 is 34.2 Å². The molecule has 0 saturated carbocycles. The van der Waals surface area contributed by atoms with Crippen LogP contribution in [0.15, 0.2) is 18.2 Å². The van der Waals surface area contributed by atoms with E-state index >= 15 is 0 Å². The van der Waals surface area contributed by atoms with Gasteiger partial charge in [0.1, 0.15) is 12.4 Å². The highest BCUT2D eigenvalue weighted by molar-refractivity contribution is 14.1. The second kappa shape index (κ2) is 7.30. The van der Waals surface area contributed by atoms with Crippen molar-refractivity contribution in [2.45, 2.75) is 6.92 Å². The molecule has 0 aliphatic carbocycles. The highest BCUT2D eigenvalue weighted by Crippen LogP contribution is 2.24. The minimum absolute atomic E-state index is 0.541. The quantitative estimate of drug-likeness (QED) is 0.448. The molecule has 1 aromatic carbocycles. The van der Waals surface area contributed by atoms with Gasteiger partial charge in [-0.2, -0.15) is 0 Å². The van der Waals surface area contributed by atoms with Crippen LogP contribution in [0.2, 0.25) is 5.02 Å². The standard InChI is InChI=1S/C11H14ClIO2/c1-9-2-3-10(12)11(8-9)15-7-6-14-5-4-13/h2-3,8H,4-7H2,1H3. The lowest BCUT2D eigenvalue weighted by molar-refractivity contribution is 0.113. The number of hydrogen-bond donors (Lipinski definition) is 0. The van der Waals surface area contributed by atoms with E-state index in [2.05, 4.69) is 22.6 Å². The lowest BCUT2D eigenvalue weighted by Crippen LogP contribution is -2.08. The first kappa shape index (κ1) is 13.1. The van der Waals surface area contributed by atoms with Crippen molar-refractivity contribution < 1.29 is 9.47 Å². The highest BCUT2D eigenvalue weighted by Gasteiger charge is 2.00. The van der Waals surface area contributed by atoms with Gasteiger partial charge in [0.15, 0.2) is 0 Å². The average molecular weight is 341 g/mol. The summed E-state index contributed by atoms with van der Waals surface area (Å²) in [5.74, 6) is 0.731. The summed E-state index contributed by atoms with van der Waals surface area (Å²) in [5.41, 5.74) is 1.14. The summed E-state index contributed by atoms with van der Waals surface area (Å²) in [6.45, 7) is 3.92. The Bertz CT molecular complexity index is 305. The maximum absolute atomic E-state index is 5.97. The summed E-state index contributed by atoms with van der Waals surface area (Å²) in [4.78, 5) is 0. The molecule has 2 nitrogen and oxygen atoms in total. The van der Waals surface area contributed by atoms with Crippen molar-refractivity contribution in [1.29, 1.82) is 0 Å². The van der Waals surface area contributed by atoms with Crippen LogP contribution < -0.4 is 4.74 Å². The molecule has 1 aromatic rings. The molecule has 0 aliphatic heterocycles. The molecule has 0 atom stereocenters. The molecule has 0 unspecified atom stereocenters. The van der Waals surface area contributed by atoms with Gasteiger partial charge in [-0.05, 0) is 24.6 Å². The van der Waals surface area contributed by atoms with E-state index in [1.165, 1.54) is 0 Å². The number of halogens is 2. The first-order chi connectivity index (χ1) is 7.24. The number of aryl methyl sites for hydroxylation is 1. The Morgan fingerprint density at radius 2 is 2.07 bits per heavy atom. The Hall–Kier alpha value is -0.000000000000000111. The number of benzene rings is 1. The Morgan fingerprint density at radius 3 is 2.80 bits per heavy atom. The van der Waals surface area contributed by atoms with Gasteiger partial charge in [0, 0.05) is 4.43 Å². The molecule has 0 spiro atoms. The Kier molecular flexibility index (Phi) is 6.36. The predicted molar refractivity (Wildman–Crippen MR) is 71.4 cm³/mol. The molecule has 0 aliphatic rings. The minimum Gasteiger partial charge on any atom is -0.490 e. The number of ether oxygens (including phenoxy) is 2. The monoisotopic (exact) mass is 340 g/mol. The zero-order chi connectivity index (χ0) is 11.1. The topological polar surface area (TPSA) is 18.5 Å². The third-order valence-corrected chi connectivity index (χ3v) is 2.55. The summed E-state index contributed by atoms with van der Waals surface area (Å²) in [6.07, 6.45) is 0. The van der Waals surface area contributed by atoms with Crippen molar-refractivity contribution in [3.8, 4) is 5.75 Å².